The van der Waals surface area contributed by atoms with E-state index in [-0.39, 0.29) is 5.78 Å². The van der Waals surface area contributed by atoms with E-state index >= 15 is 0 Å². The Kier molecular flexibility index (Phi) is 2.27. The molecule has 0 radical (unpaired) electrons. The molecule has 1 aliphatic heterocycles. The van der Waals surface area contributed by atoms with Gasteiger partial charge in [0.15, 0.2) is 5.78 Å². The maximum atomic E-state index is 11.6. The Morgan fingerprint density at radius 3 is 3.07 bits per heavy atom. The molecule has 2 unspecified atom stereocenters. The van der Waals surface area contributed by atoms with E-state index in [9.17, 15) is 4.79 Å². The Morgan fingerprint density at radius 2 is 2.33 bits per heavy atom. The van der Waals surface area contributed by atoms with Gasteiger partial charge in [-0.2, -0.15) is 0 Å². The second-order valence-electron chi connectivity index (χ2n) is 4.38. The summed E-state index contributed by atoms with van der Waals surface area (Å²) in [6, 6.07) is 0. The summed E-state index contributed by atoms with van der Waals surface area (Å²) in [6.07, 6.45) is 1.09. The van der Waals surface area contributed by atoms with E-state index in [1.54, 1.807) is 18.3 Å². The fraction of sp³-hybridized carbons (Fsp3) is 0.545. The summed E-state index contributed by atoms with van der Waals surface area (Å²) in [4.78, 5) is 13.0. The summed E-state index contributed by atoms with van der Waals surface area (Å²) >= 11 is 5.28. The Balaban J connectivity index is 2.12. The lowest BCUT2D eigenvalue weighted by Crippen LogP contribution is -2.11. The third kappa shape index (κ3) is 1.35. The highest BCUT2D eigenvalue weighted by atomic mass is 79.9. The van der Waals surface area contributed by atoms with Gasteiger partial charge >= 0.3 is 0 Å². The molecular formula is C11H12BrNOS. The molecule has 4 heteroatoms. The van der Waals surface area contributed by atoms with Crippen molar-refractivity contribution >= 4 is 33.0 Å². The molecule has 0 saturated carbocycles. The Hall–Kier alpha value is -0.190. The lowest BCUT2D eigenvalue weighted by atomic mass is 10.0. The van der Waals surface area contributed by atoms with Crippen LogP contribution in [-0.4, -0.2) is 18.9 Å². The molecule has 0 aromatic carbocycles. The van der Waals surface area contributed by atoms with Gasteiger partial charge in [-0.1, -0.05) is 0 Å². The third-order valence-corrected chi connectivity index (χ3v) is 5.52. The van der Waals surface area contributed by atoms with Crippen molar-refractivity contribution in [2.24, 2.45) is 5.92 Å². The van der Waals surface area contributed by atoms with Crippen LogP contribution in [0.25, 0.3) is 0 Å². The highest BCUT2D eigenvalue weighted by Crippen LogP contribution is 2.48. The molecule has 3 rings (SSSR count). The number of halogens is 1. The molecule has 1 saturated heterocycles. The molecule has 1 N–H and O–H groups in total. The molecule has 0 amide bonds. The lowest BCUT2D eigenvalue weighted by molar-refractivity contribution is 0.101. The van der Waals surface area contributed by atoms with E-state index in [1.165, 1.54) is 10.4 Å². The maximum absolute atomic E-state index is 11.6. The maximum Gasteiger partial charge on any atom is 0.162 e. The molecule has 2 nitrogen and oxygen atoms in total. The van der Waals surface area contributed by atoms with E-state index in [0.29, 0.717) is 5.92 Å². The summed E-state index contributed by atoms with van der Waals surface area (Å²) in [5.74, 6) is 1.60. The predicted octanol–water partition coefficient (Wildman–Crippen LogP) is 2.57. The van der Waals surface area contributed by atoms with Crippen molar-refractivity contribution in [3.8, 4) is 0 Å². The number of Topliss-reactive ketones (excluding diaryl/α,β-unsaturated/α-hetero) is 1. The van der Waals surface area contributed by atoms with Crippen LogP contribution in [0, 0.1) is 5.92 Å². The number of carbonyl (C=O) groups is 1. The molecular weight excluding hydrogens is 274 g/mol. The van der Waals surface area contributed by atoms with Gasteiger partial charge in [0.25, 0.3) is 0 Å². The van der Waals surface area contributed by atoms with Crippen LogP contribution in [0.4, 0.5) is 0 Å². The van der Waals surface area contributed by atoms with Gasteiger partial charge in [-0.05, 0) is 47.3 Å². The second kappa shape index (κ2) is 3.40. The minimum Gasteiger partial charge on any atom is -0.316 e. The largest absolute Gasteiger partial charge is 0.316 e. The van der Waals surface area contributed by atoms with Crippen molar-refractivity contribution in [2.75, 3.05) is 13.1 Å². The van der Waals surface area contributed by atoms with Gasteiger partial charge in [-0.15, -0.1) is 11.3 Å². The van der Waals surface area contributed by atoms with Crippen molar-refractivity contribution < 1.29 is 4.79 Å². The first-order valence-corrected chi connectivity index (χ1v) is 6.82. The van der Waals surface area contributed by atoms with Crippen LogP contribution in [0.2, 0.25) is 0 Å². The summed E-state index contributed by atoms with van der Waals surface area (Å²) in [5, 5.41) is 3.43. The normalized spacial score (nSPS) is 27.9. The topological polar surface area (TPSA) is 29.1 Å². The summed E-state index contributed by atoms with van der Waals surface area (Å²) in [5.41, 5.74) is 2.28. The summed E-state index contributed by atoms with van der Waals surface area (Å²) in [7, 11) is 0. The van der Waals surface area contributed by atoms with Crippen LogP contribution in [0.3, 0.4) is 0 Å². The van der Waals surface area contributed by atoms with Crippen molar-refractivity contribution in [1.29, 1.82) is 0 Å². The van der Waals surface area contributed by atoms with Crippen molar-refractivity contribution in [2.45, 2.75) is 19.3 Å². The SMILES string of the molecule is CC(=O)c1c(Br)sc2c1CC1CNCC21. The van der Waals surface area contributed by atoms with E-state index in [4.69, 9.17) is 0 Å². The molecule has 0 spiro atoms. The highest BCUT2D eigenvalue weighted by Gasteiger charge is 2.40. The molecule has 80 valence electrons. The first-order chi connectivity index (χ1) is 7.18. The van der Waals surface area contributed by atoms with E-state index in [2.05, 4.69) is 21.2 Å². The van der Waals surface area contributed by atoms with E-state index in [0.717, 1.165) is 34.8 Å². The van der Waals surface area contributed by atoms with Crippen LogP contribution in [-0.2, 0) is 6.42 Å². The zero-order chi connectivity index (χ0) is 10.6. The number of hydrogen-bond acceptors (Lipinski definition) is 3. The Bertz CT molecular complexity index is 440. The zero-order valence-electron chi connectivity index (χ0n) is 8.47. The van der Waals surface area contributed by atoms with Gasteiger partial charge in [0.05, 0.1) is 3.79 Å². The Morgan fingerprint density at radius 1 is 1.53 bits per heavy atom. The molecule has 2 heterocycles. The molecule has 1 aromatic rings. The number of rotatable bonds is 1. The average Bonchev–Trinajstić information content (AvgIpc) is 2.74. The van der Waals surface area contributed by atoms with Crippen LogP contribution >= 0.6 is 27.3 Å². The smallest absolute Gasteiger partial charge is 0.162 e. The van der Waals surface area contributed by atoms with Gasteiger partial charge < -0.3 is 5.32 Å². The highest BCUT2D eigenvalue weighted by molar-refractivity contribution is 9.11. The monoisotopic (exact) mass is 285 g/mol. The second-order valence-corrected chi connectivity index (χ2v) is 6.75. The van der Waals surface area contributed by atoms with Gasteiger partial charge in [0, 0.05) is 22.9 Å². The molecule has 1 aromatic heterocycles. The van der Waals surface area contributed by atoms with Gasteiger partial charge in [-0.25, -0.2) is 0 Å². The fourth-order valence-electron chi connectivity index (χ4n) is 2.82. The van der Waals surface area contributed by atoms with Crippen molar-refractivity contribution in [3.05, 3.63) is 19.8 Å². The molecule has 2 aliphatic rings. The van der Waals surface area contributed by atoms with E-state index < -0.39 is 0 Å². The fourth-order valence-corrected chi connectivity index (χ4v) is 5.16. The molecule has 15 heavy (non-hydrogen) atoms. The number of ketones is 1. The Labute approximate surface area is 101 Å². The number of thiophene rings is 1. The van der Waals surface area contributed by atoms with Gasteiger partial charge in [0.2, 0.25) is 0 Å². The minimum absolute atomic E-state index is 0.201. The van der Waals surface area contributed by atoms with Gasteiger partial charge in [0.1, 0.15) is 0 Å². The quantitative estimate of drug-likeness (QED) is 0.804. The number of fused-ring (bicyclic) bond motifs is 3. The summed E-state index contributed by atoms with van der Waals surface area (Å²) < 4.78 is 1.03. The molecule has 0 bridgehead atoms. The number of nitrogens with one attached hydrogen (secondary N) is 1. The first kappa shape index (κ1) is 10.00. The van der Waals surface area contributed by atoms with Crippen molar-refractivity contribution in [3.63, 3.8) is 0 Å². The third-order valence-electron chi connectivity index (χ3n) is 3.49. The van der Waals surface area contributed by atoms with Gasteiger partial charge in [-0.3, -0.25) is 4.79 Å². The van der Waals surface area contributed by atoms with Crippen LogP contribution in [0.15, 0.2) is 3.79 Å². The minimum atomic E-state index is 0.201. The van der Waals surface area contributed by atoms with Crippen LogP contribution in [0.1, 0.15) is 33.6 Å². The molecule has 1 fully saturated rings. The first-order valence-electron chi connectivity index (χ1n) is 5.21. The van der Waals surface area contributed by atoms with E-state index in [1.807, 2.05) is 0 Å². The van der Waals surface area contributed by atoms with Crippen LogP contribution in [0.5, 0.6) is 0 Å². The standard InChI is InChI=1S/C11H12BrNOS/c1-5(14)9-7-2-6-3-13-4-8(6)10(7)15-11(9)12/h6,8,13H,2-4H2,1H3. The number of hydrogen-bond donors (Lipinski definition) is 1. The average molecular weight is 286 g/mol. The predicted molar refractivity (Wildman–Crippen MR) is 64.8 cm³/mol. The summed E-state index contributed by atoms with van der Waals surface area (Å²) in [6.45, 7) is 3.86. The zero-order valence-corrected chi connectivity index (χ0v) is 10.9. The van der Waals surface area contributed by atoms with Crippen LogP contribution < -0.4 is 5.32 Å². The lowest BCUT2D eigenvalue weighted by Gasteiger charge is -2.06. The molecule has 1 aliphatic carbocycles. The van der Waals surface area contributed by atoms with Crippen molar-refractivity contribution in [1.82, 2.24) is 5.32 Å². The number of carbonyl (C=O) groups excluding carboxylic acids is 1. The molecule has 2 atom stereocenters.